The van der Waals surface area contributed by atoms with Gasteiger partial charge in [-0.2, -0.15) is 0 Å². The highest BCUT2D eigenvalue weighted by Crippen LogP contribution is 2.35. The second-order valence-electron chi connectivity index (χ2n) is 7.27. The maximum atomic E-state index is 12.6. The molecule has 1 N–H and O–H groups in total. The van der Waals surface area contributed by atoms with Crippen LogP contribution in [0.1, 0.15) is 31.2 Å². The van der Waals surface area contributed by atoms with Gasteiger partial charge in [-0.15, -0.1) is 11.8 Å². The van der Waals surface area contributed by atoms with Crippen LogP contribution in [-0.2, 0) is 20.9 Å². The number of urea groups is 1. The van der Waals surface area contributed by atoms with Crippen LogP contribution in [0.4, 0.5) is 4.79 Å². The van der Waals surface area contributed by atoms with Crippen molar-refractivity contribution in [2.45, 2.75) is 42.7 Å². The summed E-state index contributed by atoms with van der Waals surface area (Å²) in [6, 6.07) is 7.14. The topological polar surface area (TPSA) is 88.6 Å². The number of pyridine rings is 1. The van der Waals surface area contributed by atoms with Crippen molar-refractivity contribution in [3.05, 3.63) is 35.0 Å². The number of halogens is 1. The number of nitrogens with one attached hydrogen (secondary N) is 1. The second-order valence-corrected chi connectivity index (χ2v) is 8.51. The molecular weight excluding hydrogens is 414 g/mol. The Morgan fingerprint density at radius 3 is 2.79 bits per heavy atom. The fourth-order valence-electron chi connectivity index (χ4n) is 3.87. The number of aromatic nitrogens is 1. The minimum Gasteiger partial charge on any atom is -0.459 e. The van der Waals surface area contributed by atoms with Crippen molar-refractivity contribution in [2.75, 3.05) is 12.8 Å². The number of hydrogen-bond donors (Lipinski definition) is 1. The highest BCUT2D eigenvalue weighted by molar-refractivity contribution is 7.98. The summed E-state index contributed by atoms with van der Waals surface area (Å²) in [4.78, 5) is 43.4. The molecule has 1 aliphatic carbocycles. The van der Waals surface area contributed by atoms with Crippen LogP contribution >= 0.6 is 23.4 Å². The van der Waals surface area contributed by atoms with Gasteiger partial charge in [0.2, 0.25) is 0 Å². The van der Waals surface area contributed by atoms with E-state index in [0.29, 0.717) is 18.4 Å². The Morgan fingerprint density at radius 2 is 2.07 bits per heavy atom. The lowest BCUT2D eigenvalue weighted by Crippen LogP contribution is -2.44. The monoisotopic (exact) mass is 433 g/mol. The second kappa shape index (κ2) is 7.84. The molecule has 9 heteroatoms. The molecular formula is C20H20ClN3O4S. The fraction of sp³-hybridized carbons (Fsp3) is 0.400. The molecule has 1 spiro atoms. The van der Waals surface area contributed by atoms with Gasteiger partial charge < -0.3 is 10.1 Å². The zero-order chi connectivity index (χ0) is 20.6. The van der Waals surface area contributed by atoms with E-state index in [1.807, 2.05) is 30.5 Å². The first-order chi connectivity index (χ1) is 13.9. The van der Waals surface area contributed by atoms with Crippen molar-refractivity contribution in [1.29, 1.82) is 0 Å². The van der Waals surface area contributed by atoms with E-state index < -0.39 is 24.1 Å². The third-order valence-corrected chi connectivity index (χ3v) is 6.48. The third kappa shape index (κ3) is 3.79. The Morgan fingerprint density at radius 1 is 1.31 bits per heavy atom. The third-order valence-electron chi connectivity index (χ3n) is 5.43. The molecule has 0 unspecified atom stereocenters. The van der Waals surface area contributed by atoms with E-state index in [9.17, 15) is 14.4 Å². The summed E-state index contributed by atoms with van der Waals surface area (Å²) in [6.07, 6.45) is 4.97. The van der Waals surface area contributed by atoms with Gasteiger partial charge in [-0.1, -0.05) is 30.5 Å². The molecule has 2 aliphatic rings. The highest BCUT2D eigenvalue weighted by atomic mass is 35.5. The van der Waals surface area contributed by atoms with Gasteiger partial charge in [0.1, 0.15) is 23.8 Å². The molecule has 1 aromatic carbocycles. The van der Waals surface area contributed by atoms with E-state index in [1.54, 1.807) is 11.8 Å². The van der Waals surface area contributed by atoms with Crippen LogP contribution in [0.2, 0.25) is 5.15 Å². The van der Waals surface area contributed by atoms with Gasteiger partial charge in [-0.05, 0) is 37.3 Å². The lowest BCUT2D eigenvalue weighted by Gasteiger charge is -2.19. The summed E-state index contributed by atoms with van der Waals surface area (Å²) in [5, 5.41) is 3.88. The van der Waals surface area contributed by atoms with E-state index in [1.165, 1.54) is 0 Å². The summed E-state index contributed by atoms with van der Waals surface area (Å²) in [6.45, 7) is -0.498. The van der Waals surface area contributed by atoms with E-state index in [-0.39, 0.29) is 17.7 Å². The van der Waals surface area contributed by atoms with Crippen LogP contribution in [0.25, 0.3) is 10.9 Å². The zero-order valence-corrected chi connectivity index (χ0v) is 17.4. The van der Waals surface area contributed by atoms with Gasteiger partial charge in [0.05, 0.1) is 5.52 Å². The van der Waals surface area contributed by atoms with Gasteiger partial charge in [-0.3, -0.25) is 14.5 Å². The number of esters is 1. The smallest absolute Gasteiger partial charge is 0.326 e. The summed E-state index contributed by atoms with van der Waals surface area (Å²) in [5.74, 6) is -1.01. The number of nitrogens with zero attached hydrogens (tertiary/aromatic N) is 2. The van der Waals surface area contributed by atoms with Gasteiger partial charge >= 0.3 is 12.0 Å². The predicted octanol–water partition coefficient (Wildman–Crippen LogP) is 3.52. The van der Waals surface area contributed by atoms with Crippen molar-refractivity contribution >= 4 is 52.2 Å². The molecule has 1 aromatic heterocycles. The Hall–Kier alpha value is -2.32. The number of carbonyl (C=O) groups excluding carboxylic acids is 3. The van der Waals surface area contributed by atoms with Gasteiger partial charge in [-0.25, -0.2) is 9.78 Å². The van der Waals surface area contributed by atoms with Crippen molar-refractivity contribution in [3.63, 3.8) is 0 Å². The van der Waals surface area contributed by atoms with E-state index in [0.717, 1.165) is 33.5 Å². The maximum Gasteiger partial charge on any atom is 0.326 e. The van der Waals surface area contributed by atoms with Crippen molar-refractivity contribution in [2.24, 2.45) is 0 Å². The highest BCUT2D eigenvalue weighted by Gasteiger charge is 2.52. The molecule has 1 saturated heterocycles. The van der Waals surface area contributed by atoms with Crippen molar-refractivity contribution in [3.8, 4) is 0 Å². The minimum atomic E-state index is -0.835. The average molecular weight is 434 g/mol. The van der Waals surface area contributed by atoms with Crippen LogP contribution in [0.5, 0.6) is 0 Å². The average Bonchev–Trinajstić information content (AvgIpc) is 3.26. The molecule has 2 fully saturated rings. The van der Waals surface area contributed by atoms with Crippen LogP contribution in [0, 0.1) is 0 Å². The Labute approximate surface area is 177 Å². The first-order valence-corrected chi connectivity index (χ1v) is 10.9. The molecule has 2 heterocycles. The predicted molar refractivity (Wildman–Crippen MR) is 110 cm³/mol. The van der Waals surface area contributed by atoms with Crippen molar-refractivity contribution in [1.82, 2.24) is 15.2 Å². The van der Waals surface area contributed by atoms with Crippen molar-refractivity contribution < 1.29 is 19.1 Å². The zero-order valence-electron chi connectivity index (χ0n) is 15.9. The normalized spacial score (nSPS) is 17.9. The Balaban J connectivity index is 1.41. The largest absolute Gasteiger partial charge is 0.459 e. The van der Waals surface area contributed by atoms with Gasteiger partial charge in [0, 0.05) is 15.8 Å². The lowest BCUT2D eigenvalue weighted by atomic mass is 9.98. The fourth-order valence-corrected chi connectivity index (χ4v) is 4.50. The summed E-state index contributed by atoms with van der Waals surface area (Å²) in [5.41, 5.74) is 0.491. The van der Waals surface area contributed by atoms with Crippen LogP contribution < -0.4 is 5.32 Å². The molecule has 2 aromatic rings. The van der Waals surface area contributed by atoms with Crippen LogP contribution in [-0.4, -0.2) is 46.1 Å². The van der Waals surface area contributed by atoms with Gasteiger partial charge in [0.15, 0.2) is 0 Å². The molecule has 0 bridgehead atoms. The number of benzene rings is 1. The number of hydrogen-bond acceptors (Lipinski definition) is 6. The molecule has 4 rings (SSSR count). The number of imide groups is 1. The van der Waals surface area contributed by atoms with E-state index in [4.69, 9.17) is 16.3 Å². The quantitative estimate of drug-likeness (QED) is 0.336. The molecule has 29 heavy (non-hydrogen) atoms. The standard InChI is InChI=1S/C20H20ClN3O4S/c1-29-14-5-4-12-8-13(17(21)22-15(12)9-14)11-28-16(25)10-24-18(26)20(23-19(24)27)6-2-3-7-20/h4-5,8-9H,2-3,6-7,10-11H2,1H3,(H,23,27). The molecule has 152 valence electrons. The SMILES string of the molecule is CSc1ccc2cc(COC(=O)CN3C(=O)NC4(CCCC4)C3=O)c(Cl)nc2c1. The Bertz CT molecular complexity index is 1010. The lowest BCUT2D eigenvalue weighted by molar-refractivity contribution is -0.148. The summed E-state index contributed by atoms with van der Waals surface area (Å²) >= 11 is 7.86. The molecule has 0 radical (unpaired) electrons. The molecule has 0 atom stereocenters. The Kier molecular flexibility index (Phi) is 5.40. The minimum absolute atomic E-state index is 0.0837. The summed E-state index contributed by atoms with van der Waals surface area (Å²) < 4.78 is 5.27. The number of ether oxygens (including phenoxy) is 1. The first kappa shape index (κ1) is 20.0. The molecule has 3 amide bonds. The first-order valence-electron chi connectivity index (χ1n) is 9.35. The number of carbonyl (C=O) groups is 3. The van der Waals surface area contributed by atoms with E-state index >= 15 is 0 Å². The van der Waals surface area contributed by atoms with E-state index in [2.05, 4.69) is 10.3 Å². The number of amides is 3. The maximum absolute atomic E-state index is 12.6. The summed E-state index contributed by atoms with van der Waals surface area (Å²) in [7, 11) is 0. The molecule has 1 aliphatic heterocycles. The van der Waals surface area contributed by atoms with Crippen LogP contribution in [0.15, 0.2) is 29.2 Å². The molecule has 7 nitrogen and oxygen atoms in total. The number of rotatable bonds is 5. The van der Waals surface area contributed by atoms with Crippen LogP contribution in [0.3, 0.4) is 0 Å². The van der Waals surface area contributed by atoms with Gasteiger partial charge in [0.25, 0.3) is 5.91 Å². The number of fused-ring (bicyclic) bond motifs is 1. The molecule has 1 saturated carbocycles. The number of thioether (sulfide) groups is 1.